The zero-order valence-corrected chi connectivity index (χ0v) is 19.3. The minimum Gasteiger partial charge on any atom is -0.311 e. The van der Waals surface area contributed by atoms with Crippen molar-refractivity contribution >= 4 is 57.3 Å². The summed E-state index contributed by atoms with van der Waals surface area (Å²) in [5, 5.41) is 13.1. The van der Waals surface area contributed by atoms with Crippen LogP contribution in [0.25, 0.3) is 0 Å². The summed E-state index contributed by atoms with van der Waals surface area (Å²) in [4.78, 5) is 27.7. The maximum absolute atomic E-state index is 12.6. The summed E-state index contributed by atoms with van der Waals surface area (Å²) in [5.74, 6) is 0.616. The number of carbonyl (C=O) groups is 2. The van der Waals surface area contributed by atoms with Crippen LogP contribution in [-0.2, 0) is 9.59 Å². The number of nitrogens with zero attached hydrogens (tertiary/aromatic N) is 3. The molecule has 2 amide bonds. The van der Waals surface area contributed by atoms with E-state index in [1.54, 1.807) is 11.8 Å². The summed E-state index contributed by atoms with van der Waals surface area (Å²) in [6.07, 6.45) is 0.764. The van der Waals surface area contributed by atoms with E-state index >= 15 is 0 Å². The molecule has 0 bridgehead atoms. The molecule has 0 radical (unpaired) electrons. The Bertz CT molecular complexity index is 1090. The lowest BCUT2D eigenvalue weighted by molar-refractivity contribution is -0.117. The van der Waals surface area contributed by atoms with Crippen LogP contribution in [0.4, 0.5) is 10.8 Å². The number of rotatable bonds is 7. The van der Waals surface area contributed by atoms with Crippen LogP contribution in [0.1, 0.15) is 29.3 Å². The Morgan fingerprint density at radius 2 is 2.00 bits per heavy atom. The van der Waals surface area contributed by atoms with Crippen molar-refractivity contribution in [3.8, 4) is 0 Å². The SMILES string of the molecule is Cc1ccccc1N1CC(c2nnc(NC(=O)CCSc3ccc(Cl)cc3)s2)CC1=O. The first kappa shape index (κ1) is 21.8. The molecule has 31 heavy (non-hydrogen) atoms. The molecule has 160 valence electrons. The molecule has 1 saturated heterocycles. The summed E-state index contributed by atoms with van der Waals surface area (Å²) >= 11 is 8.82. The van der Waals surface area contributed by atoms with Crippen molar-refractivity contribution in [2.75, 3.05) is 22.5 Å². The normalized spacial score (nSPS) is 16.0. The van der Waals surface area contributed by atoms with Gasteiger partial charge >= 0.3 is 0 Å². The Morgan fingerprint density at radius 1 is 1.23 bits per heavy atom. The van der Waals surface area contributed by atoms with E-state index in [-0.39, 0.29) is 17.7 Å². The highest BCUT2D eigenvalue weighted by Crippen LogP contribution is 2.35. The van der Waals surface area contributed by atoms with Crippen LogP contribution in [0, 0.1) is 6.92 Å². The molecule has 6 nitrogen and oxygen atoms in total. The highest BCUT2D eigenvalue weighted by atomic mass is 35.5. The standard InChI is InChI=1S/C22H21ClN4O2S2/c1-14-4-2-3-5-18(14)27-13-15(12-20(27)29)21-25-26-22(31-21)24-19(28)10-11-30-17-8-6-16(23)7-9-17/h2-9,15H,10-13H2,1H3,(H,24,26,28). The molecule has 1 fully saturated rings. The number of benzene rings is 2. The molecule has 1 aliphatic rings. The molecular formula is C22H21ClN4O2S2. The van der Waals surface area contributed by atoms with E-state index in [9.17, 15) is 9.59 Å². The Kier molecular flexibility index (Phi) is 6.89. The van der Waals surface area contributed by atoms with Crippen LogP contribution in [0.5, 0.6) is 0 Å². The second-order valence-corrected chi connectivity index (χ2v) is 9.85. The molecule has 1 unspecified atom stereocenters. The third-order valence-corrected chi connectivity index (χ3v) is 7.25. The third-order valence-electron chi connectivity index (χ3n) is 4.98. The fraction of sp³-hybridized carbons (Fsp3) is 0.273. The maximum atomic E-state index is 12.6. The van der Waals surface area contributed by atoms with Crippen molar-refractivity contribution in [3.05, 3.63) is 64.1 Å². The maximum Gasteiger partial charge on any atom is 0.227 e. The van der Waals surface area contributed by atoms with Gasteiger partial charge in [-0.15, -0.1) is 22.0 Å². The molecule has 9 heteroatoms. The molecule has 2 heterocycles. The first-order chi connectivity index (χ1) is 15.0. The van der Waals surface area contributed by atoms with Crippen molar-refractivity contribution in [2.24, 2.45) is 0 Å². The number of carbonyl (C=O) groups excluding carboxylic acids is 2. The Labute approximate surface area is 194 Å². The first-order valence-corrected chi connectivity index (χ1v) is 12.0. The van der Waals surface area contributed by atoms with Gasteiger partial charge in [0.15, 0.2) is 0 Å². The van der Waals surface area contributed by atoms with E-state index < -0.39 is 0 Å². The van der Waals surface area contributed by atoms with E-state index in [2.05, 4.69) is 15.5 Å². The monoisotopic (exact) mass is 472 g/mol. The fourth-order valence-corrected chi connectivity index (χ4v) is 5.22. The number of amides is 2. The number of halogens is 1. The number of hydrogen-bond donors (Lipinski definition) is 1. The van der Waals surface area contributed by atoms with Crippen LogP contribution in [0.3, 0.4) is 0 Å². The molecule has 4 rings (SSSR count). The number of para-hydroxylation sites is 1. The molecular weight excluding hydrogens is 452 g/mol. The van der Waals surface area contributed by atoms with Gasteiger partial charge in [-0.25, -0.2) is 0 Å². The second kappa shape index (κ2) is 9.80. The van der Waals surface area contributed by atoms with Crippen LogP contribution in [0.15, 0.2) is 53.4 Å². The minimum absolute atomic E-state index is 0.0179. The van der Waals surface area contributed by atoms with Crippen LogP contribution < -0.4 is 10.2 Å². The predicted octanol–water partition coefficient (Wildman–Crippen LogP) is 5.14. The van der Waals surface area contributed by atoms with Gasteiger partial charge in [-0.1, -0.05) is 41.1 Å². The van der Waals surface area contributed by atoms with Crippen LogP contribution in [0.2, 0.25) is 5.02 Å². The zero-order chi connectivity index (χ0) is 21.8. The van der Waals surface area contributed by atoms with Crippen molar-refractivity contribution in [2.45, 2.75) is 30.6 Å². The lowest BCUT2D eigenvalue weighted by Crippen LogP contribution is -2.25. The van der Waals surface area contributed by atoms with Gasteiger partial charge < -0.3 is 10.2 Å². The smallest absolute Gasteiger partial charge is 0.227 e. The average molecular weight is 473 g/mol. The lowest BCUT2D eigenvalue weighted by atomic mass is 10.1. The molecule has 0 spiro atoms. The van der Waals surface area contributed by atoms with E-state index in [1.165, 1.54) is 11.3 Å². The van der Waals surface area contributed by atoms with E-state index in [0.29, 0.717) is 35.3 Å². The summed E-state index contributed by atoms with van der Waals surface area (Å²) in [5.41, 5.74) is 2.00. The van der Waals surface area contributed by atoms with Gasteiger partial charge in [0, 0.05) is 46.7 Å². The molecule has 0 saturated carbocycles. The van der Waals surface area contributed by atoms with Crippen molar-refractivity contribution in [1.82, 2.24) is 10.2 Å². The number of hydrogen-bond acceptors (Lipinski definition) is 6. The van der Waals surface area contributed by atoms with Gasteiger partial charge in [0.05, 0.1) is 0 Å². The first-order valence-electron chi connectivity index (χ1n) is 9.87. The topological polar surface area (TPSA) is 75.2 Å². The Balaban J connectivity index is 1.30. The molecule has 1 aliphatic heterocycles. The van der Waals surface area contributed by atoms with E-state index in [4.69, 9.17) is 11.6 Å². The third kappa shape index (κ3) is 5.44. The number of thioether (sulfide) groups is 1. The van der Waals surface area contributed by atoms with Crippen molar-refractivity contribution in [1.29, 1.82) is 0 Å². The van der Waals surface area contributed by atoms with Crippen molar-refractivity contribution in [3.63, 3.8) is 0 Å². The summed E-state index contributed by atoms with van der Waals surface area (Å²) < 4.78 is 0. The summed E-state index contributed by atoms with van der Waals surface area (Å²) in [7, 11) is 0. The highest BCUT2D eigenvalue weighted by Gasteiger charge is 2.34. The molecule has 0 aliphatic carbocycles. The number of aryl methyl sites for hydroxylation is 1. The molecule has 1 aromatic heterocycles. The zero-order valence-electron chi connectivity index (χ0n) is 16.9. The van der Waals surface area contributed by atoms with Gasteiger partial charge in [0.1, 0.15) is 5.01 Å². The van der Waals surface area contributed by atoms with Gasteiger partial charge in [0.25, 0.3) is 0 Å². The predicted molar refractivity (Wildman–Crippen MR) is 126 cm³/mol. The molecule has 2 aromatic carbocycles. The highest BCUT2D eigenvalue weighted by molar-refractivity contribution is 7.99. The molecule has 1 atom stereocenters. The van der Waals surface area contributed by atoms with Gasteiger partial charge in [-0.2, -0.15) is 0 Å². The van der Waals surface area contributed by atoms with E-state index in [1.807, 2.05) is 60.4 Å². The number of aromatic nitrogens is 2. The summed E-state index contributed by atoms with van der Waals surface area (Å²) in [6, 6.07) is 15.4. The largest absolute Gasteiger partial charge is 0.311 e. The molecule has 1 N–H and O–H groups in total. The van der Waals surface area contributed by atoms with Crippen LogP contribution in [-0.4, -0.2) is 34.3 Å². The Morgan fingerprint density at radius 3 is 2.77 bits per heavy atom. The average Bonchev–Trinajstić information content (AvgIpc) is 3.36. The van der Waals surface area contributed by atoms with E-state index in [0.717, 1.165) is 21.2 Å². The van der Waals surface area contributed by atoms with Crippen molar-refractivity contribution < 1.29 is 9.59 Å². The van der Waals surface area contributed by atoms with Gasteiger partial charge in [-0.05, 0) is 42.8 Å². The fourth-order valence-electron chi connectivity index (χ4n) is 3.40. The van der Waals surface area contributed by atoms with Crippen LogP contribution >= 0.6 is 34.7 Å². The van der Waals surface area contributed by atoms with Gasteiger partial charge in [0.2, 0.25) is 16.9 Å². The minimum atomic E-state index is -0.104. The quantitative estimate of drug-likeness (QED) is 0.482. The lowest BCUT2D eigenvalue weighted by Gasteiger charge is -2.18. The van der Waals surface area contributed by atoms with Gasteiger partial charge in [-0.3, -0.25) is 9.59 Å². The number of anilines is 2. The second-order valence-electron chi connectivity index (χ2n) is 7.24. The molecule has 3 aromatic rings. The number of nitrogens with one attached hydrogen (secondary N) is 1. The summed E-state index contributed by atoms with van der Waals surface area (Å²) in [6.45, 7) is 2.57. The Hall–Kier alpha value is -2.42.